The van der Waals surface area contributed by atoms with Gasteiger partial charge in [-0.1, -0.05) is 13.0 Å². The topological polar surface area (TPSA) is 75.5 Å². The number of nitro groups is 1. The maximum Gasteiger partial charge on any atom is 0.293 e. The summed E-state index contributed by atoms with van der Waals surface area (Å²) >= 11 is 0. The van der Waals surface area contributed by atoms with Gasteiger partial charge in [0.15, 0.2) is 0 Å². The number of amides is 1. The molecule has 0 spiro atoms. The predicted molar refractivity (Wildman–Crippen MR) is 81.5 cm³/mol. The molecule has 21 heavy (non-hydrogen) atoms. The zero-order valence-corrected chi connectivity index (χ0v) is 12.6. The number of anilines is 1. The molecule has 2 unspecified atom stereocenters. The van der Waals surface area contributed by atoms with E-state index in [9.17, 15) is 14.9 Å². The molecule has 1 N–H and O–H groups in total. The number of carbonyl (C=O) groups excluding carboxylic acids is 1. The zero-order valence-electron chi connectivity index (χ0n) is 12.6. The minimum Gasteiger partial charge on any atom is -0.382 e. The van der Waals surface area contributed by atoms with Crippen LogP contribution in [0.5, 0.6) is 0 Å². The maximum absolute atomic E-state index is 12.8. The highest BCUT2D eigenvalue weighted by Gasteiger charge is 2.30. The van der Waals surface area contributed by atoms with Crippen molar-refractivity contribution >= 4 is 17.3 Å². The van der Waals surface area contributed by atoms with E-state index >= 15 is 0 Å². The zero-order chi connectivity index (χ0) is 15.6. The van der Waals surface area contributed by atoms with E-state index in [4.69, 9.17) is 0 Å². The van der Waals surface area contributed by atoms with Crippen LogP contribution in [-0.2, 0) is 0 Å². The minimum absolute atomic E-state index is 0.0685. The Hall–Kier alpha value is -2.11. The Morgan fingerprint density at radius 1 is 1.38 bits per heavy atom. The molecule has 2 rings (SSSR count). The van der Waals surface area contributed by atoms with Crippen molar-refractivity contribution in [1.29, 1.82) is 0 Å². The Labute approximate surface area is 124 Å². The lowest BCUT2D eigenvalue weighted by Gasteiger charge is -2.37. The Kier molecular flexibility index (Phi) is 4.45. The van der Waals surface area contributed by atoms with Gasteiger partial charge in [0.05, 0.1) is 10.5 Å². The number of para-hydroxylation sites is 1. The van der Waals surface area contributed by atoms with Crippen molar-refractivity contribution in [3.8, 4) is 0 Å². The smallest absolute Gasteiger partial charge is 0.293 e. The van der Waals surface area contributed by atoms with Gasteiger partial charge in [0.25, 0.3) is 11.6 Å². The van der Waals surface area contributed by atoms with Gasteiger partial charge in [0, 0.05) is 25.7 Å². The number of nitrogens with one attached hydrogen (secondary N) is 1. The molecule has 1 aliphatic heterocycles. The summed E-state index contributed by atoms with van der Waals surface area (Å²) in [4.78, 5) is 25.2. The normalized spacial score (nSPS) is 22.0. The molecule has 0 bridgehead atoms. The molecule has 1 aliphatic rings. The molecule has 0 radical (unpaired) electrons. The molecule has 1 heterocycles. The third-order valence-corrected chi connectivity index (χ3v) is 4.10. The summed E-state index contributed by atoms with van der Waals surface area (Å²) in [7, 11) is 1.60. The highest BCUT2D eigenvalue weighted by molar-refractivity contribution is 6.01. The monoisotopic (exact) mass is 291 g/mol. The number of rotatable bonds is 3. The SMILES string of the molecule is CNc1c(C(=O)N2CC(C)CCC2C)cccc1[N+](=O)[O-]. The standard InChI is InChI=1S/C15H21N3O3/c1-10-7-8-11(2)17(9-10)15(19)12-5-4-6-13(18(20)21)14(12)16-3/h4-6,10-11,16H,7-9H2,1-3H3. The fraction of sp³-hybridized carbons (Fsp3) is 0.533. The third-order valence-electron chi connectivity index (χ3n) is 4.10. The Balaban J connectivity index is 2.39. The fourth-order valence-corrected chi connectivity index (χ4v) is 2.86. The second-order valence-electron chi connectivity index (χ2n) is 5.70. The average molecular weight is 291 g/mol. The van der Waals surface area contributed by atoms with E-state index in [1.807, 2.05) is 11.8 Å². The van der Waals surface area contributed by atoms with Crippen molar-refractivity contribution in [1.82, 2.24) is 4.90 Å². The Morgan fingerprint density at radius 2 is 2.10 bits per heavy atom. The molecule has 1 saturated heterocycles. The number of piperidine rings is 1. The Morgan fingerprint density at radius 3 is 2.71 bits per heavy atom. The predicted octanol–water partition coefficient (Wildman–Crippen LogP) is 2.90. The Bertz CT molecular complexity index is 559. The first-order chi connectivity index (χ1) is 9.95. The van der Waals surface area contributed by atoms with Crippen LogP contribution in [0.1, 0.15) is 37.0 Å². The molecule has 0 saturated carbocycles. The first-order valence-electron chi connectivity index (χ1n) is 7.21. The van der Waals surface area contributed by atoms with Gasteiger partial charge < -0.3 is 10.2 Å². The quantitative estimate of drug-likeness (QED) is 0.686. The van der Waals surface area contributed by atoms with Crippen molar-refractivity contribution in [2.75, 3.05) is 18.9 Å². The van der Waals surface area contributed by atoms with Crippen LogP contribution in [0.4, 0.5) is 11.4 Å². The first kappa shape index (κ1) is 15.3. The van der Waals surface area contributed by atoms with Gasteiger partial charge in [0.1, 0.15) is 5.69 Å². The van der Waals surface area contributed by atoms with Crippen LogP contribution in [0.15, 0.2) is 18.2 Å². The lowest BCUT2D eigenvalue weighted by molar-refractivity contribution is -0.384. The number of hydrogen-bond donors (Lipinski definition) is 1. The van der Waals surface area contributed by atoms with Gasteiger partial charge in [-0.15, -0.1) is 0 Å². The molecule has 6 nitrogen and oxygen atoms in total. The van der Waals surface area contributed by atoms with E-state index in [2.05, 4.69) is 12.2 Å². The van der Waals surface area contributed by atoms with Crippen molar-refractivity contribution in [3.05, 3.63) is 33.9 Å². The summed E-state index contributed by atoms with van der Waals surface area (Å²) in [6, 6.07) is 4.78. The molecule has 6 heteroatoms. The molecular weight excluding hydrogens is 270 g/mol. The lowest BCUT2D eigenvalue weighted by atomic mass is 9.94. The molecule has 0 aliphatic carbocycles. The molecule has 0 aromatic heterocycles. The molecule has 1 fully saturated rings. The average Bonchev–Trinajstić information content (AvgIpc) is 2.48. The van der Waals surface area contributed by atoms with E-state index < -0.39 is 4.92 Å². The minimum atomic E-state index is -0.467. The summed E-state index contributed by atoms with van der Waals surface area (Å²) in [6.45, 7) is 4.85. The third kappa shape index (κ3) is 2.99. The lowest BCUT2D eigenvalue weighted by Crippen LogP contribution is -2.45. The van der Waals surface area contributed by atoms with Crippen LogP contribution in [0.3, 0.4) is 0 Å². The van der Waals surface area contributed by atoms with E-state index in [0.717, 1.165) is 12.8 Å². The molecule has 1 aromatic carbocycles. The summed E-state index contributed by atoms with van der Waals surface area (Å²) < 4.78 is 0. The molecule has 2 atom stereocenters. The fourth-order valence-electron chi connectivity index (χ4n) is 2.86. The summed E-state index contributed by atoms with van der Waals surface area (Å²) in [5.74, 6) is 0.323. The van der Waals surface area contributed by atoms with Crippen LogP contribution in [0.2, 0.25) is 0 Å². The number of carbonyl (C=O) groups is 1. The van der Waals surface area contributed by atoms with E-state index in [1.54, 1.807) is 19.2 Å². The molecule has 1 amide bonds. The second kappa shape index (κ2) is 6.11. The van der Waals surface area contributed by atoms with Crippen molar-refractivity contribution in [2.45, 2.75) is 32.7 Å². The van der Waals surface area contributed by atoms with E-state index in [-0.39, 0.29) is 23.3 Å². The van der Waals surface area contributed by atoms with Gasteiger partial charge >= 0.3 is 0 Å². The highest BCUT2D eigenvalue weighted by Crippen LogP contribution is 2.31. The van der Waals surface area contributed by atoms with Crippen LogP contribution in [0.25, 0.3) is 0 Å². The van der Waals surface area contributed by atoms with Gasteiger partial charge in [-0.25, -0.2) is 0 Å². The van der Waals surface area contributed by atoms with E-state index in [0.29, 0.717) is 18.0 Å². The van der Waals surface area contributed by atoms with Crippen LogP contribution in [0, 0.1) is 16.0 Å². The number of nitrogens with zero attached hydrogens (tertiary/aromatic N) is 2. The van der Waals surface area contributed by atoms with Gasteiger partial charge in [0.2, 0.25) is 0 Å². The molecular formula is C15H21N3O3. The first-order valence-corrected chi connectivity index (χ1v) is 7.21. The summed E-state index contributed by atoms with van der Waals surface area (Å²) in [5.41, 5.74) is 0.589. The second-order valence-corrected chi connectivity index (χ2v) is 5.70. The van der Waals surface area contributed by atoms with Crippen molar-refractivity contribution < 1.29 is 9.72 Å². The summed E-state index contributed by atoms with van der Waals surface area (Å²) in [5, 5.41) is 13.9. The van der Waals surface area contributed by atoms with Gasteiger partial charge in [-0.05, 0) is 31.7 Å². The van der Waals surface area contributed by atoms with Crippen LogP contribution in [-0.4, -0.2) is 35.4 Å². The number of benzene rings is 1. The molecule has 1 aromatic rings. The number of likely N-dealkylation sites (tertiary alicyclic amines) is 1. The van der Waals surface area contributed by atoms with Gasteiger partial charge in [-0.2, -0.15) is 0 Å². The van der Waals surface area contributed by atoms with Crippen molar-refractivity contribution in [3.63, 3.8) is 0 Å². The van der Waals surface area contributed by atoms with E-state index in [1.165, 1.54) is 6.07 Å². The maximum atomic E-state index is 12.8. The highest BCUT2D eigenvalue weighted by atomic mass is 16.6. The molecule has 114 valence electrons. The van der Waals surface area contributed by atoms with Gasteiger partial charge in [-0.3, -0.25) is 14.9 Å². The van der Waals surface area contributed by atoms with Crippen molar-refractivity contribution in [2.24, 2.45) is 5.92 Å². The van der Waals surface area contributed by atoms with Crippen LogP contribution < -0.4 is 5.32 Å². The number of nitro benzene ring substituents is 1. The van der Waals surface area contributed by atoms with Crippen LogP contribution >= 0.6 is 0 Å². The summed E-state index contributed by atoms with van der Waals surface area (Å²) in [6.07, 6.45) is 2.08. The largest absolute Gasteiger partial charge is 0.382 e. The number of hydrogen-bond acceptors (Lipinski definition) is 4.